The summed E-state index contributed by atoms with van der Waals surface area (Å²) in [5, 5.41) is 0.499. The molecule has 1 fully saturated rings. The van der Waals surface area contributed by atoms with E-state index in [2.05, 4.69) is 4.72 Å². The molecule has 2 rings (SSSR count). The van der Waals surface area contributed by atoms with Gasteiger partial charge in [0, 0.05) is 16.4 Å². The minimum absolute atomic E-state index is 0.0496. The van der Waals surface area contributed by atoms with Crippen LogP contribution in [-0.2, 0) is 10.0 Å². The molecule has 1 aliphatic carbocycles. The van der Waals surface area contributed by atoms with Gasteiger partial charge in [-0.1, -0.05) is 17.7 Å². The van der Waals surface area contributed by atoms with Crippen molar-refractivity contribution in [3.05, 3.63) is 29.3 Å². The second kappa shape index (κ2) is 4.53. The Morgan fingerprint density at radius 1 is 1.31 bits per heavy atom. The summed E-state index contributed by atoms with van der Waals surface area (Å²) in [7, 11) is -3.46. The molecule has 1 aromatic rings. The number of benzene rings is 1. The molecule has 0 amide bonds. The van der Waals surface area contributed by atoms with Gasteiger partial charge in [0.05, 0.1) is 4.90 Å². The average Bonchev–Trinajstić information content (AvgIpc) is 2.15. The largest absolute Gasteiger partial charge is 0.240 e. The first kappa shape index (κ1) is 12.2. The molecular weight excluding hydrogens is 269 g/mol. The Kier molecular flexibility index (Phi) is 3.45. The van der Waals surface area contributed by atoms with Crippen LogP contribution in [0.4, 0.5) is 0 Å². The summed E-state index contributed by atoms with van der Waals surface area (Å²) in [6.07, 6.45) is 1.36. The van der Waals surface area contributed by atoms with Crippen molar-refractivity contribution < 1.29 is 8.42 Å². The molecule has 0 radical (unpaired) electrons. The summed E-state index contributed by atoms with van der Waals surface area (Å²) >= 11 is 11.5. The zero-order chi connectivity index (χ0) is 11.8. The van der Waals surface area contributed by atoms with Crippen molar-refractivity contribution in [2.24, 2.45) is 0 Å². The maximum Gasteiger partial charge on any atom is 0.240 e. The van der Waals surface area contributed by atoms with E-state index in [4.69, 9.17) is 23.2 Å². The molecule has 0 unspecified atom stereocenters. The van der Waals surface area contributed by atoms with E-state index in [1.807, 2.05) is 0 Å². The quantitative estimate of drug-likeness (QED) is 0.864. The van der Waals surface area contributed by atoms with Crippen molar-refractivity contribution in [1.82, 2.24) is 4.72 Å². The lowest BCUT2D eigenvalue weighted by atomic mass is 9.94. The van der Waals surface area contributed by atoms with Crippen LogP contribution in [0.15, 0.2) is 29.2 Å². The van der Waals surface area contributed by atoms with Crippen LogP contribution in [0.2, 0.25) is 5.02 Å². The molecule has 1 aliphatic rings. The van der Waals surface area contributed by atoms with Gasteiger partial charge in [0.15, 0.2) is 0 Å². The molecule has 0 spiro atoms. The Labute approximate surface area is 105 Å². The highest BCUT2D eigenvalue weighted by Crippen LogP contribution is 2.27. The number of hydrogen-bond donors (Lipinski definition) is 1. The number of halogens is 2. The summed E-state index contributed by atoms with van der Waals surface area (Å²) in [5.74, 6) is 0. The summed E-state index contributed by atoms with van der Waals surface area (Å²) in [6.45, 7) is 0. The molecule has 0 aromatic heterocycles. The van der Waals surface area contributed by atoms with Crippen LogP contribution in [0.25, 0.3) is 0 Å². The number of alkyl halides is 1. The molecule has 0 aliphatic heterocycles. The molecule has 1 N–H and O–H groups in total. The predicted molar refractivity (Wildman–Crippen MR) is 64.4 cm³/mol. The summed E-state index contributed by atoms with van der Waals surface area (Å²) in [4.78, 5) is 0.193. The van der Waals surface area contributed by atoms with Gasteiger partial charge in [-0.3, -0.25) is 0 Å². The molecule has 1 saturated carbocycles. The van der Waals surface area contributed by atoms with Gasteiger partial charge in [0.2, 0.25) is 10.0 Å². The molecular formula is C10H11Cl2NO2S. The van der Waals surface area contributed by atoms with Crippen LogP contribution < -0.4 is 4.72 Å². The maximum absolute atomic E-state index is 11.9. The van der Waals surface area contributed by atoms with E-state index in [0.29, 0.717) is 17.9 Å². The first-order valence-electron chi connectivity index (χ1n) is 4.89. The van der Waals surface area contributed by atoms with Gasteiger partial charge in [-0.25, -0.2) is 13.1 Å². The SMILES string of the molecule is O=S(=O)(NC1CC(Cl)C1)c1cccc(Cl)c1. The molecule has 0 saturated heterocycles. The fraction of sp³-hybridized carbons (Fsp3) is 0.400. The van der Waals surface area contributed by atoms with Crippen molar-refractivity contribution >= 4 is 33.2 Å². The van der Waals surface area contributed by atoms with Gasteiger partial charge in [-0.15, -0.1) is 11.6 Å². The highest BCUT2D eigenvalue weighted by atomic mass is 35.5. The zero-order valence-electron chi connectivity index (χ0n) is 8.36. The highest BCUT2D eigenvalue weighted by Gasteiger charge is 2.31. The van der Waals surface area contributed by atoms with Gasteiger partial charge in [0.1, 0.15) is 0 Å². The first-order valence-corrected chi connectivity index (χ1v) is 7.19. The van der Waals surface area contributed by atoms with E-state index in [0.717, 1.165) is 0 Å². The summed E-state index contributed by atoms with van der Waals surface area (Å²) < 4.78 is 26.4. The smallest absolute Gasteiger partial charge is 0.208 e. The fourth-order valence-electron chi connectivity index (χ4n) is 1.57. The molecule has 6 heteroatoms. The van der Waals surface area contributed by atoms with Crippen LogP contribution >= 0.6 is 23.2 Å². The predicted octanol–water partition coefficient (Wildman–Crippen LogP) is 2.39. The Bertz CT molecular complexity index is 483. The summed E-state index contributed by atoms with van der Waals surface area (Å²) in [6, 6.07) is 6.15. The second-order valence-electron chi connectivity index (χ2n) is 3.84. The molecule has 16 heavy (non-hydrogen) atoms. The number of rotatable bonds is 3. The molecule has 1 aromatic carbocycles. The third kappa shape index (κ3) is 2.69. The minimum atomic E-state index is -3.46. The van der Waals surface area contributed by atoms with E-state index in [1.165, 1.54) is 12.1 Å². The van der Waals surface area contributed by atoms with Crippen LogP contribution in [0.5, 0.6) is 0 Å². The van der Waals surface area contributed by atoms with Crippen molar-refractivity contribution in [2.75, 3.05) is 0 Å². The van der Waals surface area contributed by atoms with Gasteiger partial charge >= 0.3 is 0 Å². The van der Waals surface area contributed by atoms with E-state index in [-0.39, 0.29) is 16.3 Å². The zero-order valence-corrected chi connectivity index (χ0v) is 10.7. The summed E-state index contributed by atoms with van der Waals surface area (Å²) in [5.41, 5.74) is 0. The number of hydrogen-bond acceptors (Lipinski definition) is 2. The monoisotopic (exact) mass is 279 g/mol. The minimum Gasteiger partial charge on any atom is -0.208 e. The maximum atomic E-state index is 11.9. The molecule has 88 valence electrons. The van der Waals surface area contributed by atoms with Crippen molar-refractivity contribution in [3.63, 3.8) is 0 Å². The average molecular weight is 280 g/mol. The lowest BCUT2D eigenvalue weighted by Gasteiger charge is -2.31. The lowest BCUT2D eigenvalue weighted by Crippen LogP contribution is -2.44. The fourth-order valence-corrected chi connectivity index (χ4v) is 3.56. The van der Waals surface area contributed by atoms with Crippen molar-refractivity contribution in [1.29, 1.82) is 0 Å². The third-order valence-corrected chi connectivity index (χ3v) is 4.62. The molecule has 0 bridgehead atoms. The van der Waals surface area contributed by atoms with Gasteiger partial charge in [-0.05, 0) is 31.0 Å². The molecule has 0 heterocycles. The van der Waals surface area contributed by atoms with E-state index >= 15 is 0 Å². The van der Waals surface area contributed by atoms with E-state index in [9.17, 15) is 8.42 Å². The normalized spacial score (nSPS) is 25.1. The Hall–Kier alpha value is -0.290. The molecule has 3 nitrogen and oxygen atoms in total. The second-order valence-corrected chi connectivity index (χ2v) is 6.61. The van der Waals surface area contributed by atoms with Crippen molar-refractivity contribution in [2.45, 2.75) is 29.2 Å². The lowest BCUT2D eigenvalue weighted by molar-refractivity contribution is 0.391. The first-order chi connectivity index (χ1) is 7.47. The van der Waals surface area contributed by atoms with E-state index < -0.39 is 10.0 Å². The van der Waals surface area contributed by atoms with E-state index in [1.54, 1.807) is 12.1 Å². The van der Waals surface area contributed by atoms with Crippen LogP contribution in [0, 0.1) is 0 Å². The van der Waals surface area contributed by atoms with Gasteiger partial charge < -0.3 is 0 Å². The third-order valence-electron chi connectivity index (χ3n) is 2.51. The molecule has 0 atom stereocenters. The number of sulfonamides is 1. The van der Waals surface area contributed by atoms with Crippen LogP contribution in [0.1, 0.15) is 12.8 Å². The van der Waals surface area contributed by atoms with Gasteiger partial charge in [-0.2, -0.15) is 0 Å². The standard InChI is InChI=1S/C10H11Cl2NO2S/c11-7-2-1-3-10(6-7)16(14,15)13-9-4-8(12)5-9/h1-3,6,8-9,13H,4-5H2. The number of nitrogens with one attached hydrogen (secondary N) is 1. The Morgan fingerprint density at radius 2 is 2.00 bits per heavy atom. The Balaban J connectivity index is 2.13. The highest BCUT2D eigenvalue weighted by molar-refractivity contribution is 7.89. The van der Waals surface area contributed by atoms with Crippen LogP contribution in [-0.4, -0.2) is 19.8 Å². The topological polar surface area (TPSA) is 46.2 Å². The van der Waals surface area contributed by atoms with Gasteiger partial charge in [0.25, 0.3) is 0 Å². The van der Waals surface area contributed by atoms with Crippen molar-refractivity contribution in [3.8, 4) is 0 Å². The Morgan fingerprint density at radius 3 is 2.56 bits per heavy atom. The van der Waals surface area contributed by atoms with Crippen LogP contribution in [0.3, 0.4) is 0 Å².